The minimum atomic E-state index is -0.00884. The van der Waals surface area contributed by atoms with Crippen molar-refractivity contribution in [3.63, 3.8) is 0 Å². The highest BCUT2D eigenvalue weighted by atomic mass is 16.3. The zero-order valence-corrected chi connectivity index (χ0v) is 10.5. The largest absolute Gasteiger partial charge is 0.399 e. The van der Waals surface area contributed by atoms with E-state index in [0.29, 0.717) is 6.04 Å². The molecule has 0 amide bonds. The molecule has 1 heterocycles. The predicted molar refractivity (Wildman–Crippen MR) is 72.2 cm³/mol. The van der Waals surface area contributed by atoms with Crippen molar-refractivity contribution in [2.45, 2.75) is 44.8 Å². The molecule has 1 saturated carbocycles. The van der Waals surface area contributed by atoms with Gasteiger partial charge >= 0.3 is 0 Å². The highest BCUT2D eigenvalue weighted by molar-refractivity contribution is 5.79. The molecule has 4 heteroatoms. The summed E-state index contributed by atoms with van der Waals surface area (Å²) in [5, 5.41) is 9.50. The van der Waals surface area contributed by atoms with E-state index >= 15 is 0 Å². The van der Waals surface area contributed by atoms with Crippen LogP contribution < -0.4 is 5.73 Å². The van der Waals surface area contributed by atoms with Crippen molar-refractivity contribution in [1.82, 2.24) is 9.55 Å². The Bertz CT molecular complexity index is 555. The summed E-state index contributed by atoms with van der Waals surface area (Å²) < 4.78 is 2.22. The molecule has 0 saturated heterocycles. The molecule has 0 spiro atoms. The van der Waals surface area contributed by atoms with Gasteiger partial charge < -0.3 is 15.4 Å². The SMILES string of the molecule is Nc1ccc2c(c1)nc(CO)n2C1CCCCC1. The van der Waals surface area contributed by atoms with Gasteiger partial charge in [-0.3, -0.25) is 0 Å². The van der Waals surface area contributed by atoms with Crippen molar-refractivity contribution in [2.75, 3.05) is 5.73 Å². The lowest BCUT2D eigenvalue weighted by Crippen LogP contribution is -2.15. The van der Waals surface area contributed by atoms with Gasteiger partial charge in [-0.1, -0.05) is 19.3 Å². The van der Waals surface area contributed by atoms with E-state index in [9.17, 15) is 5.11 Å². The molecular weight excluding hydrogens is 226 g/mol. The number of aromatic nitrogens is 2. The van der Waals surface area contributed by atoms with Crippen molar-refractivity contribution < 1.29 is 5.11 Å². The minimum absolute atomic E-state index is 0.00884. The first-order chi connectivity index (χ1) is 8.79. The predicted octanol–water partition coefficient (Wildman–Crippen LogP) is 2.62. The van der Waals surface area contributed by atoms with Crippen LogP contribution in [0.2, 0.25) is 0 Å². The highest BCUT2D eigenvalue weighted by Crippen LogP contribution is 2.32. The summed E-state index contributed by atoms with van der Waals surface area (Å²) in [7, 11) is 0. The van der Waals surface area contributed by atoms with Crippen molar-refractivity contribution in [1.29, 1.82) is 0 Å². The van der Waals surface area contributed by atoms with Crippen LogP contribution >= 0.6 is 0 Å². The monoisotopic (exact) mass is 245 g/mol. The number of benzene rings is 1. The Morgan fingerprint density at radius 3 is 2.78 bits per heavy atom. The summed E-state index contributed by atoms with van der Waals surface area (Å²) in [6.45, 7) is -0.00884. The third kappa shape index (κ3) is 1.86. The second-order valence-electron chi connectivity index (χ2n) is 5.10. The van der Waals surface area contributed by atoms with Crippen LogP contribution in [0.25, 0.3) is 11.0 Å². The Balaban J connectivity index is 2.12. The van der Waals surface area contributed by atoms with E-state index in [2.05, 4.69) is 9.55 Å². The van der Waals surface area contributed by atoms with Gasteiger partial charge in [0.25, 0.3) is 0 Å². The zero-order valence-electron chi connectivity index (χ0n) is 10.5. The molecule has 3 N–H and O–H groups in total. The van der Waals surface area contributed by atoms with Crippen molar-refractivity contribution in [3.05, 3.63) is 24.0 Å². The fourth-order valence-electron chi connectivity index (χ4n) is 3.02. The number of nitrogens with two attached hydrogens (primary N) is 1. The van der Waals surface area contributed by atoms with Gasteiger partial charge in [-0.2, -0.15) is 0 Å². The zero-order chi connectivity index (χ0) is 12.5. The quantitative estimate of drug-likeness (QED) is 0.799. The van der Waals surface area contributed by atoms with E-state index in [1.807, 2.05) is 18.2 Å². The Hall–Kier alpha value is -1.55. The summed E-state index contributed by atoms with van der Waals surface area (Å²) in [6, 6.07) is 6.29. The fraction of sp³-hybridized carbons (Fsp3) is 0.500. The van der Waals surface area contributed by atoms with Gasteiger partial charge in [0, 0.05) is 11.7 Å². The standard InChI is InChI=1S/C14H19N3O/c15-10-6-7-13-12(8-10)16-14(9-18)17(13)11-4-2-1-3-5-11/h6-8,11,18H,1-5,9,15H2. The molecule has 0 bridgehead atoms. The lowest BCUT2D eigenvalue weighted by Gasteiger charge is -2.25. The van der Waals surface area contributed by atoms with Crippen LogP contribution in [-0.4, -0.2) is 14.7 Å². The van der Waals surface area contributed by atoms with Gasteiger partial charge in [0.2, 0.25) is 0 Å². The van der Waals surface area contributed by atoms with Crippen molar-refractivity contribution in [2.24, 2.45) is 0 Å². The number of aliphatic hydroxyl groups excluding tert-OH is 1. The number of hydrogen-bond donors (Lipinski definition) is 2. The van der Waals surface area contributed by atoms with Crippen LogP contribution in [-0.2, 0) is 6.61 Å². The van der Waals surface area contributed by atoms with Crippen LogP contribution in [0.15, 0.2) is 18.2 Å². The van der Waals surface area contributed by atoms with E-state index in [-0.39, 0.29) is 6.61 Å². The van der Waals surface area contributed by atoms with Gasteiger partial charge in [-0.05, 0) is 31.0 Å². The Kier molecular flexibility index (Phi) is 2.96. The molecule has 2 aromatic rings. The summed E-state index contributed by atoms with van der Waals surface area (Å²) >= 11 is 0. The third-order valence-electron chi connectivity index (χ3n) is 3.87. The number of anilines is 1. The lowest BCUT2D eigenvalue weighted by atomic mass is 9.95. The van der Waals surface area contributed by atoms with Gasteiger partial charge in [-0.25, -0.2) is 4.98 Å². The van der Waals surface area contributed by atoms with E-state index in [4.69, 9.17) is 5.73 Å². The first-order valence-corrected chi connectivity index (χ1v) is 6.67. The molecule has 0 unspecified atom stereocenters. The maximum atomic E-state index is 9.50. The van der Waals surface area contributed by atoms with Crippen molar-refractivity contribution >= 4 is 16.7 Å². The Morgan fingerprint density at radius 2 is 2.06 bits per heavy atom. The molecule has 96 valence electrons. The normalized spacial score (nSPS) is 17.4. The molecule has 4 nitrogen and oxygen atoms in total. The van der Waals surface area contributed by atoms with Gasteiger partial charge in [-0.15, -0.1) is 0 Å². The molecule has 18 heavy (non-hydrogen) atoms. The number of aliphatic hydroxyl groups is 1. The van der Waals surface area contributed by atoms with Gasteiger partial charge in [0.05, 0.1) is 11.0 Å². The van der Waals surface area contributed by atoms with Crippen LogP contribution in [0.4, 0.5) is 5.69 Å². The van der Waals surface area contributed by atoms with Crippen molar-refractivity contribution in [3.8, 4) is 0 Å². The molecule has 3 rings (SSSR count). The summed E-state index contributed by atoms with van der Waals surface area (Å²) in [4.78, 5) is 4.50. The molecule has 1 fully saturated rings. The maximum Gasteiger partial charge on any atom is 0.135 e. The van der Waals surface area contributed by atoms with Crippen LogP contribution in [0.5, 0.6) is 0 Å². The molecule has 1 aromatic carbocycles. The average molecular weight is 245 g/mol. The number of nitrogens with zero attached hydrogens (tertiary/aromatic N) is 2. The van der Waals surface area contributed by atoms with Crippen LogP contribution in [0.3, 0.4) is 0 Å². The summed E-state index contributed by atoms with van der Waals surface area (Å²) in [5.41, 5.74) is 8.50. The van der Waals surface area contributed by atoms with E-state index in [1.165, 1.54) is 32.1 Å². The first kappa shape index (κ1) is 11.5. The smallest absolute Gasteiger partial charge is 0.135 e. The average Bonchev–Trinajstić information content (AvgIpc) is 2.77. The third-order valence-corrected chi connectivity index (χ3v) is 3.87. The second kappa shape index (κ2) is 4.61. The van der Waals surface area contributed by atoms with E-state index in [0.717, 1.165) is 22.5 Å². The molecule has 1 aromatic heterocycles. The second-order valence-corrected chi connectivity index (χ2v) is 5.10. The molecular formula is C14H19N3O. The molecule has 0 radical (unpaired) electrons. The molecule has 1 aliphatic rings. The topological polar surface area (TPSA) is 64.1 Å². The number of hydrogen-bond acceptors (Lipinski definition) is 3. The van der Waals surface area contributed by atoms with Crippen LogP contribution in [0, 0.1) is 0 Å². The number of imidazole rings is 1. The fourth-order valence-corrected chi connectivity index (χ4v) is 3.02. The molecule has 0 aliphatic heterocycles. The lowest BCUT2D eigenvalue weighted by molar-refractivity contribution is 0.253. The van der Waals surface area contributed by atoms with E-state index < -0.39 is 0 Å². The first-order valence-electron chi connectivity index (χ1n) is 6.67. The van der Waals surface area contributed by atoms with E-state index in [1.54, 1.807) is 0 Å². The Morgan fingerprint density at radius 1 is 1.28 bits per heavy atom. The minimum Gasteiger partial charge on any atom is -0.399 e. The Labute approximate surface area is 106 Å². The number of nitrogen functional groups attached to an aromatic ring is 1. The van der Waals surface area contributed by atoms with Gasteiger partial charge in [0.15, 0.2) is 0 Å². The number of rotatable bonds is 2. The molecule has 1 aliphatic carbocycles. The number of fused-ring (bicyclic) bond motifs is 1. The molecule has 0 atom stereocenters. The maximum absolute atomic E-state index is 9.50. The highest BCUT2D eigenvalue weighted by Gasteiger charge is 2.20. The summed E-state index contributed by atoms with van der Waals surface area (Å²) in [5.74, 6) is 0.766. The summed E-state index contributed by atoms with van der Waals surface area (Å²) in [6.07, 6.45) is 6.23. The van der Waals surface area contributed by atoms with Crippen LogP contribution in [0.1, 0.15) is 44.0 Å². The van der Waals surface area contributed by atoms with Gasteiger partial charge in [0.1, 0.15) is 12.4 Å².